The van der Waals surface area contributed by atoms with Gasteiger partial charge in [-0.05, 0) is 46.0 Å². The van der Waals surface area contributed by atoms with E-state index in [1.807, 2.05) is 103 Å². The van der Waals surface area contributed by atoms with E-state index in [4.69, 9.17) is 0 Å². The Morgan fingerprint density at radius 1 is 0.467 bits per heavy atom. The Kier molecular flexibility index (Phi) is 5.77. The smallest absolute Gasteiger partial charge is 0.123 e. The average molecular weight is 390 g/mol. The van der Waals surface area contributed by atoms with E-state index < -0.39 is 0 Å². The first-order valence-electron chi connectivity index (χ1n) is 9.82. The highest BCUT2D eigenvalue weighted by atomic mass is 16.3. The van der Waals surface area contributed by atoms with Crippen LogP contribution in [-0.4, -0.2) is 10.2 Å². The van der Waals surface area contributed by atoms with Gasteiger partial charge in [0.05, 0.1) is 0 Å². The van der Waals surface area contributed by atoms with Crippen molar-refractivity contribution in [2.24, 2.45) is 0 Å². The SMILES string of the molecule is Oc1ccc(-c2ccc(O)c(C=Cc3ccccc3)c2C=Cc2ccccc2)cc1. The van der Waals surface area contributed by atoms with Crippen molar-refractivity contribution in [1.82, 2.24) is 0 Å². The first-order valence-corrected chi connectivity index (χ1v) is 9.82. The highest BCUT2D eigenvalue weighted by Crippen LogP contribution is 2.35. The lowest BCUT2D eigenvalue weighted by Crippen LogP contribution is -1.89. The van der Waals surface area contributed by atoms with Gasteiger partial charge in [0, 0.05) is 5.56 Å². The van der Waals surface area contributed by atoms with E-state index >= 15 is 0 Å². The molecule has 4 aromatic rings. The van der Waals surface area contributed by atoms with Crippen LogP contribution in [0.25, 0.3) is 35.4 Å². The fourth-order valence-corrected chi connectivity index (χ4v) is 3.36. The maximum absolute atomic E-state index is 10.7. The van der Waals surface area contributed by atoms with Crippen LogP contribution in [0.4, 0.5) is 0 Å². The summed E-state index contributed by atoms with van der Waals surface area (Å²) in [6.45, 7) is 0. The minimum absolute atomic E-state index is 0.220. The van der Waals surface area contributed by atoms with Crippen LogP contribution in [0.5, 0.6) is 11.5 Å². The number of phenols is 2. The van der Waals surface area contributed by atoms with Gasteiger partial charge in [-0.1, -0.05) is 103 Å². The van der Waals surface area contributed by atoms with Gasteiger partial charge in [-0.25, -0.2) is 0 Å². The van der Waals surface area contributed by atoms with Gasteiger partial charge in [-0.3, -0.25) is 0 Å². The van der Waals surface area contributed by atoms with E-state index in [-0.39, 0.29) is 11.5 Å². The van der Waals surface area contributed by atoms with Gasteiger partial charge in [-0.2, -0.15) is 0 Å². The molecule has 0 atom stereocenters. The first-order chi connectivity index (χ1) is 14.7. The molecular weight excluding hydrogens is 368 g/mol. The van der Waals surface area contributed by atoms with Crippen LogP contribution < -0.4 is 0 Å². The molecule has 4 rings (SSSR count). The molecule has 0 aliphatic rings. The first kappa shape index (κ1) is 19.3. The van der Waals surface area contributed by atoms with Gasteiger partial charge < -0.3 is 10.2 Å². The molecule has 2 nitrogen and oxygen atoms in total. The third-order valence-electron chi connectivity index (χ3n) is 4.93. The molecule has 0 fully saturated rings. The second-order valence-corrected chi connectivity index (χ2v) is 6.99. The van der Waals surface area contributed by atoms with E-state index in [0.717, 1.165) is 33.4 Å². The Morgan fingerprint density at radius 3 is 1.57 bits per heavy atom. The minimum atomic E-state index is 0.220. The summed E-state index contributed by atoms with van der Waals surface area (Å²) in [5, 5.41) is 20.3. The highest BCUT2D eigenvalue weighted by Gasteiger charge is 2.11. The van der Waals surface area contributed by atoms with Crippen LogP contribution in [0, 0.1) is 0 Å². The lowest BCUT2D eigenvalue weighted by Gasteiger charge is -2.12. The van der Waals surface area contributed by atoms with Crippen molar-refractivity contribution < 1.29 is 10.2 Å². The second-order valence-electron chi connectivity index (χ2n) is 6.99. The van der Waals surface area contributed by atoms with Gasteiger partial charge in [0.15, 0.2) is 0 Å². The van der Waals surface area contributed by atoms with Crippen molar-refractivity contribution in [2.45, 2.75) is 0 Å². The van der Waals surface area contributed by atoms with Crippen LogP contribution >= 0.6 is 0 Å². The molecule has 0 unspecified atom stereocenters. The van der Waals surface area contributed by atoms with Gasteiger partial charge in [0.25, 0.3) is 0 Å². The minimum Gasteiger partial charge on any atom is -0.508 e. The van der Waals surface area contributed by atoms with Crippen molar-refractivity contribution in [3.63, 3.8) is 0 Å². The summed E-state index contributed by atoms with van der Waals surface area (Å²) in [6.07, 6.45) is 8.01. The van der Waals surface area contributed by atoms with E-state index in [0.29, 0.717) is 0 Å². The molecule has 2 heteroatoms. The number of aromatic hydroxyl groups is 2. The summed E-state index contributed by atoms with van der Waals surface area (Å²) in [5.74, 6) is 0.445. The third-order valence-corrected chi connectivity index (χ3v) is 4.93. The van der Waals surface area contributed by atoms with E-state index in [9.17, 15) is 10.2 Å². The molecule has 0 spiro atoms. The molecule has 0 amide bonds. The molecule has 30 heavy (non-hydrogen) atoms. The monoisotopic (exact) mass is 390 g/mol. The predicted molar refractivity (Wildman–Crippen MR) is 126 cm³/mol. The largest absolute Gasteiger partial charge is 0.508 e. The molecular formula is C28H22O2. The van der Waals surface area contributed by atoms with Crippen LogP contribution in [-0.2, 0) is 0 Å². The zero-order chi connectivity index (χ0) is 20.8. The molecule has 2 N–H and O–H groups in total. The quantitative estimate of drug-likeness (QED) is 0.357. The zero-order valence-corrected chi connectivity index (χ0v) is 16.4. The molecule has 146 valence electrons. The molecule has 0 saturated heterocycles. The number of hydrogen-bond donors (Lipinski definition) is 2. The number of rotatable bonds is 5. The summed E-state index contributed by atoms with van der Waals surface area (Å²) in [6, 6.07) is 30.8. The van der Waals surface area contributed by atoms with Crippen molar-refractivity contribution in [3.05, 3.63) is 119 Å². The van der Waals surface area contributed by atoms with Crippen molar-refractivity contribution in [2.75, 3.05) is 0 Å². The van der Waals surface area contributed by atoms with Gasteiger partial charge in [0.1, 0.15) is 11.5 Å². The van der Waals surface area contributed by atoms with Crippen molar-refractivity contribution in [3.8, 4) is 22.6 Å². The molecule has 0 saturated carbocycles. The van der Waals surface area contributed by atoms with Crippen LogP contribution in [0.15, 0.2) is 97.1 Å². The molecule has 0 aliphatic carbocycles. The summed E-state index contributed by atoms with van der Waals surface area (Å²) >= 11 is 0. The third kappa shape index (κ3) is 4.50. The van der Waals surface area contributed by atoms with Crippen LogP contribution in [0.3, 0.4) is 0 Å². The second kappa shape index (κ2) is 8.97. The van der Waals surface area contributed by atoms with Gasteiger partial charge in [-0.15, -0.1) is 0 Å². The fourth-order valence-electron chi connectivity index (χ4n) is 3.36. The molecule has 4 aromatic carbocycles. The number of benzene rings is 4. The Bertz CT molecular complexity index is 1170. The predicted octanol–water partition coefficient (Wildman–Crippen LogP) is 7.11. The van der Waals surface area contributed by atoms with Crippen LogP contribution in [0.1, 0.15) is 22.3 Å². The Labute approximate surface area is 176 Å². The molecule has 0 aliphatic heterocycles. The Morgan fingerprint density at radius 2 is 1.00 bits per heavy atom. The summed E-state index contributed by atoms with van der Waals surface area (Å²) < 4.78 is 0. The van der Waals surface area contributed by atoms with E-state index in [2.05, 4.69) is 0 Å². The molecule has 0 aromatic heterocycles. The Hall–Kier alpha value is -4.04. The standard InChI is InChI=1S/C28H22O2/c29-24-15-13-23(14-16-24)25-19-20-28(30)27(18-12-22-9-5-2-6-10-22)26(25)17-11-21-7-3-1-4-8-21/h1-20,29-30H. The van der Waals surface area contributed by atoms with E-state index in [1.54, 1.807) is 18.2 Å². The van der Waals surface area contributed by atoms with E-state index in [1.165, 1.54) is 0 Å². The van der Waals surface area contributed by atoms with Gasteiger partial charge in [0.2, 0.25) is 0 Å². The maximum Gasteiger partial charge on any atom is 0.123 e. The molecule has 0 bridgehead atoms. The number of phenolic OH excluding ortho intramolecular Hbond substituents is 2. The molecule has 0 radical (unpaired) electrons. The zero-order valence-electron chi connectivity index (χ0n) is 16.4. The number of hydrogen-bond acceptors (Lipinski definition) is 2. The highest BCUT2D eigenvalue weighted by molar-refractivity contribution is 5.89. The lowest BCUT2D eigenvalue weighted by molar-refractivity contribution is 0.473. The fraction of sp³-hybridized carbons (Fsp3) is 0. The lowest BCUT2D eigenvalue weighted by atomic mass is 9.93. The molecule has 0 heterocycles. The summed E-state index contributed by atoms with van der Waals surface area (Å²) in [5.41, 5.74) is 5.75. The maximum atomic E-state index is 10.7. The van der Waals surface area contributed by atoms with Crippen molar-refractivity contribution >= 4 is 24.3 Å². The van der Waals surface area contributed by atoms with Crippen molar-refractivity contribution in [1.29, 1.82) is 0 Å². The summed E-state index contributed by atoms with van der Waals surface area (Å²) in [4.78, 5) is 0. The topological polar surface area (TPSA) is 40.5 Å². The van der Waals surface area contributed by atoms with Crippen LogP contribution in [0.2, 0.25) is 0 Å². The summed E-state index contributed by atoms with van der Waals surface area (Å²) in [7, 11) is 0. The Balaban J connectivity index is 1.85. The normalized spacial score (nSPS) is 11.3. The van der Waals surface area contributed by atoms with Gasteiger partial charge >= 0.3 is 0 Å². The average Bonchev–Trinajstić information content (AvgIpc) is 2.79.